The van der Waals surface area contributed by atoms with E-state index in [9.17, 15) is 14.4 Å². The van der Waals surface area contributed by atoms with Gasteiger partial charge in [0.05, 0.1) is 22.5 Å². The summed E-state index contributed by atoms with van der Waals surface area (Å²) < 4.78 is 7.18. The summed E-state index contributed by atoms with van der Waals surface area (Å²) >= 11 is 0. The number of anilines is 2. The maximum Gasteiger partial charge on any atom is 0.338 e. The molecule has 2 aromatic carbocycles. The number of ether oxygens (including phenoxy) is 1. The minimum absolute atomic E-state index is 0.270. The number of benzene rings is 2. The first-order valence-corrected chi connectivity index (χ1v) is 10.0. The molecule has 1 N–H and O–H groups in total. The van der Waals surface area contributed by atoms with Gasteiger partial charge in [-0.2, -0.15) is 0 Å². The molecule has 1 aliphatic heterocycles. The molecule has 0 bridgehead atoms. The van der Waals surface area contributed by atoms with Crippen molar-refractivity contribution in [2.75, 3.05) is 10.2 Å². The van der Waals surface area contributed by atoms with E-state index in [-0.39, 0.29) is 11.5 Å². The van der Waals surface area contributed by atoms with Crippen LogP contribution in [-0.4, -0.2) is 44.4 Å². The normalized spacial score (nSPS) is 15.9. The Morgan fingerprint density at radius 1 is 1.19 bits per heavy atom. The molecular weight excluding hydrogens is 398 g/mol. The molecule has 0 saturated carbocycles. The van der Waals surface area contributed by atoms with Crippen LogP contribution in [-0.2, 0) is 20.9 Å². The van der Waals surface area contributed by atoms with Gasteiger partial charge in [0.25, 0.3) is 5.91 Å². The second-order valence-electron chi connectivity index (χ2n) is 7.86. The minimum Gasteiger partial charge on any atom is -0.449 e. The summed E-state index contributed by atoms with van der Waals surface area (Å²) in [6, 6.07) is 12.0. The van der Waals surface area contributed by atoms with Crippen LogP contribution in [0.1, 0.15) is 38.1 Å². The zero-order chi connectivity index (χ0) is 22.3. The van der Waals surface area contributed by atoms with Gasteiger partial charge in [-0.25, -0.2) is 9.48 Å². The number of hydrogen-bond acceptors (Lipinski definition) is 6. The third kappa shape index (κ3) is 3.41. The van der Waals surface area contributed by atoms with Gasteiger partial charge in [0.15, 0.2) is 6.10 Å². The number of nitrogens with one attached hydrogen (secondary N) is 1. The third-order valence-electron chi connectivity index (χ3n) is 5.41. The first kappa shape index (κ1) is 20.5. The lowest BCUT2D eigenvalue weighted by molar-refractivity contribution is -0.131. The molecule has 160 valence electrons. The number of hydrogen-bond donors (Lipinski definition) is 1. The van der Waals surface area contributed by atoms with Crippen molar-refractivity contribution in [3.05, 3.63) is 48.0 Å². The van der Waals surface area contributed by atoms with Gasteiger partial charge < -0.3 is 10.1 Å². The van der Waals surface area contributed by atoms with E-state index >= 15 is 0 Å². The van der Waals surface area contributed by atoms with Gasteiger partial charge in [-0.3, -0.25) is 14.5 Å². The van der Waals surface area contributed by atoms with E-state index in [4.69, 9.17) is 4.74 Å². The Hall–Kier alpha value is -3.75. The first-order valence-electron chi connectivity index (χ1n) is 10.0. The van der Waals surface area contributed by atoms with Gasteiger partial charge in [-0.1, -0.05) is 17.3 Å². The van der Waals surface area contributed by atoms with Crippen molar-refractivity contribution in [1.82, 2.24) is 15.0 Å². The molecule has 4 rings (SSSR count). The van der Waals surface area contributed by atoms with E-state index in [1.807, 2.05) is 6.92 Å². The van der Waals surface area contributed by atoms with Crippen LogP contribution in [0.5, 0.6) is 0 Å². The fourth-order valence-corrected chi connectivity index (χ4v) is 3.64. The van der Waals surface area contributed by atoms with E-state index in [0.717, 1.165) is 5.52 Å². The number of esters is 1. The fourth-order valence-electron chi connectivity index (χ4n) is 3.64. The van der Waals surface area contributed by atoms with Crippen molar-refractivity contribution in [2.24, 2.45) is 0 Å². The van der Waals surface area contributed by atoms with Crippen molar-refractivity contribution in [1.29, 1.82) is 0 Å². The number of aryl methyl sites for hydroxylation is 1. The van der Waals surface area contributed by atoms with Crippen LogP contribution in [0.3, 0.4) is 0 Å². The van der Waals surface area contributed by atoms with Gasteiger partial charge in [0.1, 0.15) is 11.1 Å². The molecule has 31 heavy (non-hydrogen) atoms. The van der Waals surface area contributed by atoms with E-state index in [1.165, 1.54) is 11.8 Å². The Bertz CT molecular complexity index is 1200. The predicted molar refractivity (Wildman–Crippen MR) is 115 cm³/mol. The summed E-state index contributed by atoms with van der Waals surface area (Å²) in [5.41, 5.74) is 1.58. The van der Waals surface area contributed by atoms with Crippen LogP contribution in [0, 0.1) is 0 Å². The Labute approximate surface area is 179 Å². The topological polar surface area (TPSA) is 106 Å². The van der Waals surface area contributed by atoms with Crippen molar-refractivity contribution < 1.29 is 19.1 Å². The summed E-state index contributed by atoms with van der Waals surface area (Å²) in [4.78, 5) is 40.0. The highest BCUT2D eigenvalue weighted by Crippen LogP contribution is 2.37. The van der Waals surface area contributed by atoms with E-state index in [1.54, 1.807) is 61.0 Å². The average molecular weight is 421 g/mol. The van der Waals surface area contributed by atoms with E-state index < -0.39 is 23.5 Å². The van der Waals surface area contributed by atoms with E-state index in [2.05, 4.69) is 15.6 Å². The van der Waals surface area contributed by atoms with Crippen LogP contribution in [0.25, 0.3) is 11.0 Å². The second-order valence-corrected chi connectivity index (χ2v) is 7.86. The maximum atomic E-state index is 13.3. The number of nitrogens with zero attached hydrogens (tertiary/aromatic N) is 4. The molecule has 3 aromatic rings. The number of fused-ring (bicyclic) bond motifs is 2. The lowest BCUT2D eigenvalue weighted by Gasteiger charge is -2.42. The summed E-state index contributed by atoms with van der Waals surface area (Å²) in [6.07, 6.45) is -1.10. The van der Waals surface area contributed by atoms with E-state index in [0.29, 0.717) is 23.4 Å². The molecule has 1 aromatic heterocycles. The molecule has 1 aliphatic rings. The first-order chi connectivity index (χ1) is 14.7. The predicted octanol–water partition coefficient (Wildman–Crippen LogP) is 2.76. The summed E-state index contributed by atoms with van der Waals surface area (Å²) in [5, 5.41) is 10.9. The van der Waals surface area contributed by atoms with Crippen molar-refractivity contribution in [2.45, 2.75) is 45.9 Å². The largest absolute Gasteiger partial charge is 0.449 e. The lowest BCUT2D eigenvalue weighted by Crippen LogP contribution is -2.60. The SMILES string of the molecule is CCn1nnc2cc(C(=O)O[C@@H](C)C(=O)N3c4ccccc4NC(=O)C3(C)C)ccc21. The Kier molecular flexibility index (Phi) is 4.96. The average Bonchev–Trinajstić information content (AvgIpc) is 3.16. The van der Waals surface area contributed by atoms with Gasteiger partial charge in [-0.15, -0.1) is 5.10 Å². The monoisotopic (exact) mass is 421 g/mol. The highest BCUT2D eigenvalue weighted by atomic mass is 16.5. The molecule has 9 heteroatoms. The number of aromatic nitrogens is 3. The number of rotatable bonds is 4. The molecule has 1 atom stereocenters. The highest BCUT2D eigenvalue weighted by Gasteiger charge is 2.45. The summed E-state index contributed by atoms with van der Waals surface area (Å²) in [7, 11) is 0. The van der Waals surface area contributed by atoms with Gasteiger partial charge in [-0.05, 0) is 58.0 Å². The van der Waals surface area contributed by atoms with Crippen LogP contribution >= 0.6 is 0 Å². The summed E-state index contributed by atoms with van der Waals surface area (Å²) in [6.45, 7) is 7.40. The molecule has 0 unspecified atom stereocenters. The van der Waals surface area contributed by atoms with Crippen molar-refractivity contribution >= 4 is 40.2 Å². The standard InChI is InChI=1S/C22H23N5O4/c1-5-26-17-11-10-14(12-16(17)24-25-26)20(29)31-13(2)19(28)27-18-9-7-6-8-15(18)23-21(30)22(27,3)4/h6-13H,5H2,1-4H3,(H,23,30)/t13-/m0/s1. The smallest absolute Gasteiger partial charge is 0.338 e. The maximum absolute atomic E-state index is 13.3. The molecule has 0 aliphatic carbocycles. The van der Waals surface area contributed by atoms with Gasteiger partial charge in [0.2, 0.25) is 5.91 Å². The number of amides is 2. The number of carbonyl (C=O) groups excluding carboxylic acids is 3. The molecule has 2 amide bonds. The lowest BCUT2D eigenvalue weighted by atomic mass is 9.95. The highest BCUT2D eigenvalue weighted by molar-refractivity contribution is 6.15. The van der Waals surface area contributed by atoms with Gasteiger partial charge >= 0.3 is 5.97 Å². The van der Waals surface area contributed by atoms with Crippen LogP contribution in [0.4, 0.5) is 11.4 Å². The number of para-hydroxylation sites is 2. The van der Waals surface area contributed by atoms with Crippen molar-refractivity contribution in [3.63, 3.8) is 0 Å². The number of carbonyl (C=O) groups is 3. The molecule has 9 nitrogen and oxygen atoms in total. The fraction of sp³-hybridized carbons (Fsp3) is 0.318. The second kappa shape index (κ2) is 7.50. The van der Waals surface area contributed by atoms with Crippen LogP contribution < -0.4 is 10.2 Å². The molecular formula is C22H23N5O4. The van der Waals surface area contributed by atoms with Crippen LogP contribution in [0.2, 0.25) is 0 Å². The summed E-state index contributed by atoms with van der Waals surface area (Å²) in [5.74, 6) is -1.46. The molecule has 2 heterocycles. The minimum atomic E-state index is -1.15. The Morgan fingerprint density at radius 2 is 1.94 bits per heavy atom. The molecule has 0 fully saturated rings. The van der Waals surface area contributed by atoms with Crippen LogP contribution in [0.15, 0.2) is 42.5 Å². The third-order valence-corrected chi connectivity index (χ3v) is 5.41. The zero-order valence-corrected chi connectivity index (χ0v) is 17.7. The van der Waals surface area contributed by atoms with Gasteiger partial charge in [0, 0.05) is 6.54 Å². The molecule has 0 radical (unpaired) electrons. The molecule has 0 saturated heterocycles. The Morgan fingerprint density at radius 3 is 2.68 bits per heavy atom. The Balaban J connectivity index is 1.58. The van der Waals surface area contributed by atoms with Crippen molar-refractivity contribution in [3.8, 4) is 0 Å². The molecule has 0 spiro atoms. The quantitative estimate of drug-likeness (QED) is 0.649. The zero-order valence-electron chi connectivity index (χ0n) is 17.7.